The van der Waals surface area contributed by atoms with Gasteiger partial charge in [0.2, 0.25) is 5.91 Å². The molecule has 0 spiro atoms. The van der Waals surface area contributed by atoms with Gasteiger partial charge in [-0.15, -0.1) is 0 Å². The lowest BCUT2D eigenvalue weighted by Crippen LogP contribution is -2.24. The normalized spacial score (nSPS) is 13.5. The molecule has 2 aromatic carbocycles. The molecule has 0 aliphatic carbocycles. The van der Waals surface area contributed by atoms with Crippen LogP contribution in [0, 0.1) is 0 Å². The number of aryl methyl sites for hydroxylation is 1. The highest BCUT2D eigenvalue weighted by atomic mass is 16.5. The van der Waals surface area contributed by atoms with Crippen LogP contribution in [-0.4, -0.2) is 41.8 Å². The number of nitrogens with zero attached hydrogens (tertiary/aromatic N) is 3. The summed E-state index contributed by atoms with van der Waals surface area (Å²) >= 11 is 0. The molecule has 6 heteroatoms. The maximum absolute atomic E-state index is 12.5. The van der Waals surface area contributed by atoms with Crippen molar-refractivity contribution < 1.29 is 9.53 Å². The number of amidine groups is 1. The van der Waals surface area contributed by atoms with Gasteiger partial charge in [0.1, 0.15) is 23.0 Å². The Hall–Kier alpha value is -3.67. The monoisotopic (exact) mass is 456 g/mol. The predicted molar refractivity (Wildman–Crippen MR) is 137 cm³/mol. The number of hydrogen-bond donors (Lipinski definition) is 1. The highest BCUT2D eigenvalue weighted by Crippen LogP contribution is 2.26. The highest BCUT2D eigenvalue weighted by Gasteiger charge is 2.17. The summed E-state index contributed by atoms with van der Waals surface area (Å²) in [5.41, 5.74) is 3.92. The zero-order valence-corrected chi connectivity index (χ0v) is 20.3. The van der Waals surface area contributed by atoms with E-state index >= 15 is 0 Å². The Balaban J connectivity index is 1.36. The van der Waals surface area contributed by atoms with Crippen LogP contribution in [0.25, 0.3) is 0 Å². The molecule has 1 amide bonds. The Morgan fingerprint density at radius 2 is 1.85 bits per heavy atom. The Kier molecular flexibility index (Phi) is 6.96. The molecule has 0 bridgehead atoms. The van der Waals surface area contributed by atoms with E-state index in [4.69, 9.17) is 4.74 Å². The number of nitrogens with one attached hydrogen (secondary N) is 1. The second-order valence-corrected chi connectivity index (χ2v) is 9.63. The SMILES string of the molecule is CN1CCN=C1c1cc(Oc2cccc(CCC(=O)Nc3cccc(C(C)(C)C)c3)c2)ccn1. The average Bonchev–Trinajstić information content (AvgIpc) is 3.24. The van der Waals surface area contributed by atoms with Crippen molar-refractivity contribution in [2.45, 2.75) is 39.0 Å². The predicted octanol–water partition coefficient (Wildman–Crippen LogP) is 5.43. The van der Waals surface area contributed by atoms with E-state index in [9.17, 15) is 4.79 Å². The number of carbonyl (C=O) groups excluding carboxylic acids is 1. The van der Waals surface area contributed by atoms with Gasteiger partial charge < -0.3 is 15.0 Å². The second kappa shape index (κ2) is 10.1. The van der Waals surface area contributed by atoms with Crippen molar-refractivity contribution in [3.8, 4) is 11.5 Å². The molecule has 1 aliphatic rings. The van der Waals surface area contributed by atoms with Gasteiger partial charge in [-0.05, 0) is 53.3 Å². The average molecular weight is 457 g/mol. The number of rotatable bonds is 7. The number of pyridine rings is 1. The first-order valence-electron chi connectivity index (χ1n) is 11.7. The van der Waals surface area contributed by atoms with Crippen molar-refractivity contribution in [2.75, 3.05) is 25.5 Å². The van der Waals surface area contributed by atoms with Gasteiger partial charge in [0.25, 0.3) is 0 Å². The molecule has 3 aromatic rings. The number of aliphatic imine (C=N–C) groups is 1. The summed E-state index contributed by atoms with van der Waals surface area (Å²) in [6.07, 6.45) is 2.77. The van der Waals surface area contributed by atoms with Crippen molar-refractivity contribution >= 4 is 17.4 Å². The smallest absolute Gasteiger partial charge is 0.224 e. The van der Waals surface area contributed by atoms with Gasteiger partial charge in [0.05, 0.1) is 6.54 Å². The first kappa shape index (κ1) is 23.5. The second-order valence-electron chi connectivity index (χ2n) is 9.63. The van der Waals surface area contributed by atoms with Crippen LogP contribution in [0.2, 0.25) is 0 Å². The van der Waals surface area contributed by atoms with E-state index in [0.29, 0.717) is 18.6 Å². The lowest BCUT2D eigenvalue weighted by molar-refractivity contribution is -0.116. The Morgan fingerprint density at radius 3 is 2.62 bits per heavy atom. The highest BCUT2D eigenvalue weighted by molar-refractivity contribution is 5.98. The van der Waals surface area contributed by atoms with Crippen LogP contribution in [0.5, 0.6) is 11.5 Å². The number of aromatic nitrogens is 1. The van der Waals surface area contributed by atoms with Crippen LogP contribution in [0.15, 0.2) is 71.9 Å². The third-order valence-electron chi connectivity index (χ3n) is 5.81. The zero-order chi connectivity index (χ0) is 24.1. The molecule has 1 aliphatic heterocycles. The molecular weight excluding hydrogens is 424 g/mol. The summed E-state index contributed by atoms with van der Waals surface area (Å²) in [6, 6.07) is 19.7. The van der Waals surface area contributed by atoms with Gasteiger partial charge in [-0.3, -0.25) is 14.8 Å². The van der Waals surface area contributed by atoms with Crippen LogP contribution in [0.3, 0.4) is 0 Å². The third-order valence-corrected chi connectivity index (χ3v) is 5.81. The van der Waals surface area contributed by atoms with Gasteiger partial charge in [-0.1, -0.05) is 45.0 Å². The summed E-state index contributed by atoms with van der Waals surface area (Å²) in [7, 11) is 2.02. The molecule has 2 heterocycles. The molecular formula is C28H32N4O2. The van der Waals surface area contributed by atoms with Crippen LogP contribution in [0.4, 0.5) is 5.69 Å². The first-order chi connectivity index (χ1) is 16.3. The summed E-state index contributed by atoms with van der Waals surface area (Å²) in [5.74, 6) is 2.33. The van der Waals surface area contributed by atoms with E-state index < -0.39 is 0 Å². The minimum atomic E-state index is -0.00221. The minimum Gasteiger partial charge on any atom is -0.457 e. The van der Waals surface area contributed by atoms with Crippen LogP contribution in [0.1, 0.15) is 44.0 Å². The lowest BCUT2D eigenvalue weighted by Gasteiger charge is -2.19. The van der Waals surface area contributed by atoms with Crippen molar-refractivity contribution in [3.63, 3.8) is 0 Å². The molecule has 0 atom stereocenters. The Bertz CT molecular complexity index is 1200. The fraction of sp³-hybridized carbons (Fsp3) is 0.321. The number of ether oxygens (including phenoxy) is 1. The molecule has 0 radical (unpaired) electrons. The van der Waals surface area contributed by atoms with Gasteiger partial charge in [-0.25, -0.2) is 0 Å². The van der Waals surface area contributed by atoms with Crippen molar-refractivity contribution in [3.05, 3.63) is 83.7 Å². The zero-order valence-electron chi connectivity index (χ0n) is 20.3. The van der Waals surface area contributed by atoms with Gasteiger partial charge >= 0.3 is 0 Å². The largest absolute Gasteiger partial charge is 0.457 e. The Morgan fingerprint density at radius 1 is 1.06 bits per heavy atom. The van der Waals surface area contributed by atoms with Crippen molar-refractivity contribution in [1.82, 2.24) is 9.88 Å². The van der Waals surface area contributed by atoms with Crippen molar-refractivity contribution in [1.29, 1.82) is 0 Å². The van der Waals surface area contributed by atoms with Crippen LogP contribution >= 0.6 is 0 Å². The van der Waals surface area contributed by atoms with Crippen LogP contribution < -0.4 is 10.1 Å². The first-order valence-corrected chi connectivity index (χ1v) is 11.7. The summed E-state index contributed by atoms with van der Waals surface area (Å²) in [4.78, 5) is 23.6. The number of amides is 1. The number of hydrogen-bond acceptors (Lipinski definition) is 5. The van der Waals surface area contributed by atoms with E-state index in [0.717, 1.165) is 41.6 Å². The molecule has 0 unspecified atom stereocenters. The molecule has 6 nitrogen and oxygen atoms in total. The van der Waals surface area contributed by atoms with Gasteiger partial charge in [0.15, 0.2) is 0 Å². The summed E-state index contributed by atoms with van der Waals surface area (Å²) in [6.45, 7) is 8.18. The van der Waals surface area contributed by atoms with Crippen molar-refractivity contribution in [2.24, 2.45) is 4.99 Å². The molecule has 4 rings (SSSR count). The molecule has 1 aromatic heterocycles. The molecule has 0 fully saturated rings. The molecule has 34 heavy (non-hydrogen) atoms. The van der Waals surface area contributed by atoms with Gasteiger partial charge in [-0.2, -0.15) is 0 Å². The van der Waals surface area contributed by atoms with E-state index in [-0.39, 0.29) is 11.3 Å². The Labute approximate surface area is 201 Å². The molecule has 0 saturated carbocycles. The molecule has 0 saturated heterocycles. The summed E-state index contributed by atoms with van der Waals surface area (Å²) < 4.78 is 6.09. The van der Waals surface area contributed by atoms with E-state index in [1.165, 1.54) is 5.56 Å². The van der Waals surface area contributed by atoms with E-state index in [1.807, 2.05) is 61.6 Å². The third kappa shape index (κ3) is 6.01. The maximum atomic E-state index is 12.5. The van der Waals surface area contributed by atoms with E-state index in [2.05, 4.69) is 47.0 Å². The fourth-order valence-electron chi connectivity index (χ4n) is 3.85. The number of anilines is 1. The lowest BCUT2D eigenvalue weighted by atomic mass is 9.87. The van der Waals surface area contributed by atoms with Crippen LogP contribution in [-0.2, 0) is 16.6 Å². The standard InChI is InChI=1S/C28H32N4O2/c1-28(2,3)21-8-6-9-22(18-21)31-26(33)12-11-20-7-5-10-23(17-20)34-24-13-14-29-25(19-24)27-30-15-16-32(27)4/h5-10,13-14,17-19H,11-12,15-16H2,1-4H3,(H,31,33). The topological polar surface area (TPSA) is 66.8 Å². The molecule has 1 N–H and O–H groups in total. The number of likely N-dealkylation sites (N-methyl/N-ethyl adjacent to an activating group) is 1. The quantitative estimate of drug-likeness (QED) is 0.514. The minimum absolute atomic E-state index is 0.00221. The molecule has 176 valence electrons. The number of carbonyl (C=O) groups is 1. The fourth-order valence-corrected chi connectivity index (χ4v) is 3.85. The number of benzene rings is 2. The van der Waals surface area contributed by atoms with Gasteiger partial charge in [0, 0.05) is 38.0 Å². The summed E-state index contributed by atoms with van der Waals surface area (Å²) in [5, 5.41) is 3.02. The van der Waals surface area contributed by atoms with E-state index in [1.54, 1.807) is 6.20 Å². The maximum Gasteiger partial charge on any atom is 0.224 e.